The number of carbonyl (C=O) groups is 2. The van der Waals surface area contributed by atoms with Crippen LogP contribution < -0.4 is 5.32 Å². The summed E-state index contributed by atoms with van der Waals surface area (Å²) in [4.78, 5) is 26.2. The average molecular weight is 323 g/mol. The van der Waals surface area contributed by atoms with Gasteiger partial charge in [-0.1, -0.05) is 13.8 Å². The third-order valence-electron chi connectivity index (χ3n) is 4.07. The van der Waals surface area contributed by atoms with E-state index < -0.39 is 24.0 Å². The van der Waals surface area contributed by atoms with Crippen LogP contribution in [0.1, 0.15) is 33.6 Å². The molecule has 1 saturated heterocycles. The fourth-order valence-corrected chi connectivity index (χ4v) is 2.79. The van der Waals surface area contributed by atoms with Crippen LogP contribution in [0.15, 0.2) is 0 Å². The van der Waals surface area contributed by atoms with Gasteiger partial charge in [0.2, 0.25) is 5.91 Å². The van der Waals surface area contributed by atoms with Crippen molar-refractivity contribution in [2.75, 3.05) is 26.2 Å². The topological polar surface area (TPSA) is 52.7 Å². The molecule has 128 valence electrons. The zero-order valence-electron chi connectivity index (χ0n) is 13.2. The fourth-order valence-electron chi connectivity index (χ4n) is 2.79. The number of halogens is 3. The van der Waals surface area contributed by atoms with Gasteiger partial charge in [-0.05, 0) is 32.9 Å². The van der Waals surface area contributed by atoms with Crippen LogP contribution in [0.25, 0.3) is 0 Å². The van der Waals surface area contributed by atoms with E-state index in [-0.39, 0.29) is 19.0 Å². The Kier molecular flexibility index (Phi) is 6.65. The van der Waals surface area contributed by atoms with Crippen LogP contribution in [0.4, 0.5) is 13.2 Å². The minimum atomic E-state index is -4.93. The molecule has 1 fully saturated rings. The Morgan fingerprint density at radius 1 is 1.32 bits per heavy atom. The Bertz CT molecular complexity index is 397. The molecule has 0 saturated carbocycles. The van der Waals surface area contributed by atoms with Crippen molar-refractivity contribution in [3.8, 4) is 0 Å². The SMILES string of the molecule is CCN(CC)C(C)CNC(=O)C1CCCN1C(=O)C(F)(F)F. The summed E-state index contributed by atoms with van der Waals surface area (Å²) in [5.74, 6) is -2.43. The van der Waals surface area contributed by atoms with Crippen LogP contribution in [0.3, 0.4) is 0 Å². The molecule has 0 aromatic rings. The van der Waals surface area contributed by atoms with Gasteiger partial charge in [-0.2, -0.15) is 13.2 Å². The Morgan fingerprint density at radius 2 is 1.91 bits per heavy atom. The highest BCUT2D eigenvalue weighted by atomic mass is 19.4. The quantitative estimate of drug-likeness (QED) is 0.804. The smallest absolute Gasteiger partial charge is 0.353 e. The Labute approximate surface area is 128 Å². The van der Waals surface area contributed by atoms with Crippen molar-refractivity contribution in [2.24, 2.45) is 0 Å². The summed E-state index contributed by atoms with van der Waals surface area (Å²) in [6, 6.07) is -0.926. The molecule has 2 amide bonds. The molecule has 22 heavy (non-hydrogen) atoms. The number of rotatable bonds is 6. The highest BCUT2D eigenvalue weighted by molar-refractivity contribution is 5.90. The van der Waals surface area contributed by atoms with Crippen LogP contribution in [0.2, 0.25) is 0 Å². The van der Waals surface area contributed by atoms with Gasteiger partial charge in [0.05, 0.1) is 0 Å². The van der Waals surface area contributed by atoms with Crippen LogP contribution >= 0.6 is 0 Å². The lowest BCUT2D eigenvalue weighted by Gasteiger charge is -2.28. The second kappa shape index (κ2) is 7.80. The zero-order chi connectivity index (χ0) is 16.9. The van der Waals surface area contributed by atoms with Crippen LogP contribution in [-0.4, -0.2) is 66.1 Å². The van der Waals surface area contributed by atoms with Gasteiger partial charge in [0.1, 0.15) is 6.04 Å². The van der Waals surface area contributed by atoms with Gasteiger partial charge in [-0.3, -0.25) is 14.5 Å². The summed E-state index contributed by atoms with van der Waals surface area (Å²) >= 11 is 0. The molecule has 1 heterocycles. The van der Waals surface area contributed by atoms with Gasteiger partial charge in [0, 0.05) is 19.1 Å². The summed E-state index contributed by atoms with van der Waals surface area (Å²) in [5.41, 5.74) is 0. The summed E-state index contributed by atoms with van der Waals surface area (Å²) in [5, 5.41) is 2.67. The van der Waals surface area contributed by atoms with E-state index in [2.05, 4.69) is 10.2 Å². The predicted molar refractivity (Wildman–Crippen MR) is 76.2 cm³/mol. The summed E-state index contributed by atoms with van der Waals surface area (Å²) in [6.45, 7) is 7.93. The third-order valence-corrected chi connectivity index (χ3v) is 4.07. The Balaban J connectivity index is 2.59. The number of likely N-dealkylation sites (N-methyl/N-ethyl adjacent to an activating group) is 1. The van der Waals surface area contributed by atoms with E-state index in [1.165, 1.54) is 0 Å². The van der Waals surface area contributed by atoms with Gasteiger partial charge in [0.25, 0.3) is 0 Å². The zero-order valence-corrected chi connectivity index (χ0v) is 13.2. The monoisotopic (exact) mass is 323 g/mol. The molecule has 1 aliphatic rings. The lowest BCUT2D eigenvalue weighted by atomic mass is 10.2. The number of hydrogen-bond donors (Lipinski definition) is 1. The number of amides is 2. The van der Waals surface area contributed by atoms with E-state index in [0.717, 1.165) is 13.1 Å². The molecule has 1 aliphatic heterocycles. The molecular formula is C14H24F3N3O2. The van der Waals surface area contributed by atoms with Gasteiger partial charge in [-0.15, -0.1) is 0 Å². The number of hydrogen-bond acceptors (Lipinski definition) is 3. The fraction of sp³-hybridized carbons (Fsp3) is 0.857. The molecule has 8 heteroatoms. The first-order valence-electron chi connectivity index (χ1n) is 7.61. The van der Waals surface area contributed by atoms with Crippen molar-refractivity contribution in [1.29, 1.82) is 0 Å². The van der Waals surface area contributed by atoms with Crippen molar-refractivity contribution in [3.05, 3.63) is 0 Å². The van der Waals surface area contributed by atoms with E-state index in [4.69, 9.17) is 0 Å². The molecular weight excluding hydrogens is 299 g/mol. The molecule has 0 spiro atoms. The molecule has 2 unspecified atom stereocenters. The third kappa shape index (κ3) is 4.59. The van der Waals surface area contributed by atoms with E-state index in [0.29, 0.717) is 17.9 Å². The average Bonchev–Trinajstić information content (AvgIpc) is 2.93. The minimum absolute atomic E-state index is 0.0258. The van der Waals surface area contributed by atoms with Gasteiger partial charge >= 0.3 is 12.1 Å². The molecule has 0 radical (unpaired) electrons. The molecule has 0 aromatic heterocycles. The maximum atomic E-state index is 12.5. The second-order valence-corrected chi connectivity index (χ2v) is 5.47. The van der Waals surface area contributed by atoms with Crippen molar-refractivity contribution in [1.82, 2.24) is 15.1 Å². The number of carbonyl (C=O) groups excluding carboxylic acids is 2. The van der Waals surface area contributed by atoms with Crippen molar-refractivity contribution >= 4 is 11.8 Å². The Morgan fingerprint density at radius 3 is 2.41 bits per heavy atom. The normalized spacial score (nSPS) is 20.3. The first kappa shape index (κ1) is 18.7. The van der Waals surface area contributed by atoms with E-state index in [1.807, 2.05) is 20.8 Å². The maximum Gasteiger partial charge on any atom is 0.471 e. The van der Waals surface area contributed by atoms with Crippen LogP contribution in [0, 0.1) is 0 Å². The molecule has 0 aromatic carbocycles. The highest BCUT2D eigenvalue weighted by Gasteiger charge is 2.47. The summed E-state index contributed by atoms with van der Waals surface area (Å²) < 4.78 is 37.6. The molecule has 2 atom stereocenters. The highest BCUT2D eigenvalue weighted by Crippen LogP contribution is 2.25. The van der Waals surface area contributed by atoms with E-state index in [1.54, 1.807) is 0 Å². The van der Waals surface area contributed by atoms with Crippen LogP contribution in [0.5, 0.6) is 0 Å². The van der Waals surface area contributed by atoms with Crippen molar-refractivity contribution in [2.45, 2.75) is 51.9 Å². The summed E-state index contributed by atoms with van der Waals surface area (Å²) in [7, 11) is 0. The largest absolute Gasteiger partial charge is 0.471 e. The van der Waals surface area contributed by atoms with Gasteiger partial charge < -0.3 is 10.2 Å². The number of nitrogens with one attached hydrogen (secondary N) is 1. The maximum absolute atomic E-state index is 12.5. The summed E-state index contributed by atoms with van der Waals surface area (Å²) in [6.07, 6.45) is -4.25. The van der Waals surface area contributed by atoms with Gasteiger partial charge in [-0.25, -0.2) is 0 Å². The second-order valence-electron chi connectivity index (χ2n) is 5.47. The molecule has 0 bridgehead atoms. The lowest BCUT2D eigenvalue weighted by molar-refractivity contribution is -0.186. The Hall–Kier alpha value is -1.31. The van der Waals surface area contributed by atoms with Crippen molar-refractivity contribution in [3.63, 3.8) is 0 Å². The number of likely N-dealkylation sites (tertiary alicyclic amines) is 1. The molecule has 5 nitrogen and oxygen atoms in total. The van der Waals surface area contributed by atoms with Crippen LogP contribution in [-0.2, 0) is 9.59 Å². The standard InChI is InChI=1S/C14H24F3N3O2/c1-4-19(5-2)10(3)9-18-12(21)11-7-6-8-20(11)13(22)14(15,16)17/h10-11H,4-9H2,1-3H3,(H,18,21). The molecule has 1 N–H and O–H groups in total. The minimum Gasteiger partial charge on any atom is -0.353 e. The van der Waals surface area contributed by atoms with Gasteiger partial charge in [0.15, 0.2) is 0 Å². The molecule has 0 aliphatic carbocycles. The van der Waals surface area contributed by atoms with E-state index in [9.17, 15) is 22.8 Å². The number of nitrogens with zero attached hydrogens (tertiary/aromatic N) is 2. The lowest BCUT2D eigenvalue weighted by Crippen LogP contribution is -2.52. The first-order valence-corrected chi connectivity index (χ1v) is 7.61. The first-order chi connectivity index (χ1) is 10.2. The van der Waals surface area contributed by atoms with E-state index >= 15 is 0 Å². The predicted octanol–water partition coefficient (Wildman–Crippen LogP) is 1.39. The molecule has 1 rings (SSSR count). The van der Waals surface area contributed by atoms with Crippen molar-refractivity contribution < 1.29 is 22.8 Å². The number of alkyl halides is 3.